The first-order valence-electron chi connectivity index (χ1n) is 7.61. The molecule has 9 heteroatoms. The molecule has 0 aliphatic carbocycles. The fourth-order valence-electron chi connectivity index (χ4n) is 2.69. The number of nitrogens with two attached hydrogens (primary N) is 2. The molecular formula is C15H18N6O2S. The van der Waals surface area contributed by atoms with Crippen molar-refractivity contribution in [2.45, 2.75) is 25.3 Å². The Balaban J connectivity index is 1.93. The van der Waals surface area contributed by atoms with Gasteiger partial charge in [-0.05, 0) is 31.4 Å². The highest BCUT2D eigenvalue weighted by molar-refractivity contribution is 7.20. The van der Waals surface area contributed by atoms with Crippen LogP contribution >= 0.6 is 11.3 Å². The largest absolute Gasteiger partial charge is 0.368 e. The van der Waals surface area contributed by atoms with Crippen LogP contribution in [0.25, 0.3) is 0 Å². The van der Waals surface area contributed by atoms with Crippen LogP contribution in [0.2, 0.25) is 0 Å². The summed E-state index contributed by atoms with van der Waals surface area (Å²) in [5.74, 6) is -0.436. The second-order valence-corrected chi connectivity index (χ2v) is 6.46. The number of hydrogen-bond donors (Lipinski definition) is 3. The number of rotatable bonds is 5. The lowest BCUT2D eigenvalue weighted by Crippen LogP contribution is -2.47. The van der Waals surface area contributed by atoms with Crippen molar-refractivity contribution in [1.82, 2.24) is 9.97 Å². The van der Waals surface area contributed by atoms with Crippen LogP contribution < -0.4 is 21.7 Å². The molecule has 0 unspecified atom stereocenters. The fraction of sp³-hybridized carbons (Fsp3) is 0.333. The van der Waals surface area contributed by atoms with E-state index in [2.05, 4.69) is 15.3 Å². The lowest BCUT2D eigenvalue weighted by atomic mass is 10.0. The van der Waals surface area contributed by atoms with Crippen molar-refractivity contribution in [2.75, 3.05) is 16.8 Å². The van der Waals surface area contributed by atoms with Gasteiger partial charge in [0.2, 0.25) is 5.91 Å². The van der Waals surface area contributed by atoms with E-state index in [0.717, 1.165) is 12.8 Å². The van der Waals surface area contributed by atoms with E-state index in [1.54, 1.807) is 18.3 Å². The molecule has 0 bridgehead atoms. The lowest BCUT2D eigenvalue weighted by molar-refractivity contribution is -0.119. The standard InChI is InChI=1S/C15H18N6O2S/c16-12(22)9-5-2-4-8-21(9)15-20-11(13(17)23)14(24-15)19-10-6-1-3-7-18-10/h1,3,6-7,9H,2,4-5,8H2,(H2,16,22)(H2,17,23)(H,18,19)/t9-/m1/s1. The number of aromatic nitrogens is 2. The predicted molar refractivity (Wildman–Crippen MR) is 92.3 cm³/mol. The van der Waals surface area contributed by atoms with Gasteiger partial charge >= 0.3 is 0 Å². The van der Waals surface area contributed by atoms with Gasteiger partial charge in [-0.2, -0.15) is 0 Å². The van der Waals surface area contributed by atoms with E-state index in [1.807, 2.05) is 11.0 Å². The highest BCUT2D eigenvalue weighted by Gasteiger charge is 2.30. The van der Waals surface area contributed by atoms with Gasteiger partial charge < -0.3 is 21.7 Å². The van der Waals surface area contributed by atoms with Crippen LogP contribution in [-0.4, -0.2) is 34.4 Å². The van der Waals surface area contributed by atoms with Crippen LogP contribution in [0, 0.1) is 0 Å². The number of nitrogens with zero attached hydrogens (tertiary/aromatic N) is 3. The van der Waals surface area contributed by atoms with Crippen molar-refractivity contribution < 1.29 is 9.59 Å². The molecule has 1 atom stereocenters. The van der Waals surface area contributed by atoms with Crippen molar-refractivity contribution in [3.8, 4) is 0 Å². The molecule has 3 heterocycles. The van der Waals surface area contributed by atoms with E-state index >= 15 is 0 Å². The predicted octanol–water partition coefficient (Wildman–Crippen LogP) is 1.22. The van der Waals surface area contributed by atoms with Gasteiger partial charge in [-0.1, -0.05) is 17.4 Å². The van der Waals surface area contributed by atoms with Crippen LogP contribution in [-0.2, 0) is 4.79 Å². The van der Waals surface area contributed by atoms with E-state index < -0.39 is 11.9 Å². The summed E-state index contributed by atoms with van der Waals surface area (Å²) in [7, 11) is 0. The Morgan fingerprint density at radius 1 is 1.29 bits per heavy atom. The van der Waals surface area contributed by atoms with E-state index in [4.69, 9.17) is 11.5 Å². The van der Waals surface area contributed by atoms with E-state index in [0.29, 0.717) is 28.9 Å². The molecule has 5 N–H and O–H groups in total. The van der Waals surface area contributed by atoms with Crippen molar-refractivity contribution in [1.29, 1.82) is 0 Å². The van der Waals surface area contributed by atoms with Crippen LogP contribution in [0.3, 0.4) is 0 Å². The average Bonchev–Trinajstić information content (AvgIpc) is 2.99. The third-order valence-corrected chi connectivity index (χ3v) is 4.84. The van der Waals surface area contributed by atoms with Crippen molar-refractivity contribution in [3.05, 3.63) is 30.1 Å². The molecule has 24 heavy (non-hydrogen) atoms. The Morgan fingerprint density at radius 3 is 2.79 bits per heavy atom. The Bertz CT molecular complexity index is 748. The third kappa shape index (κ3) is 3.30. The zero-order chi connectivity index (χ0) is 17.1. The number of carbonyl (C=O) groups is 2. The molecular weight excluding hydrogens is 328 g/mol. The van der Waals surface area contributed by atoms with Gasteiger partial charge in [0.05, 0.1) is 0 Å². The number of nitrogens with one attached hydrogen (secondary N) is 1. The third-order valence-electron chi connectivity index (χ3n) is 3.83. The summed E-state index contributed by atoms with van der Waals surface area (Å²) in [5, 5.41) is 4.12. The quantitative estimate of drug-likeness (QED) is 0.747. The van der Waals surface area contributed by atoms with E-state index in [-0.39, 0.29) is 11.6 Å². The van der Waals surface area contributed by atoms with Crippen LogP contribution in [0.15, 0.2) is 24.4 Å². The minimum atomic E-state index is -0.636. The Kier molecular flexibility index (Phi) is 4.61. The minimum absolute atomic E-state index is 0.134. The molecule has 126 valence electrons. The van der Waals surface area contributed by atoms with Gasteiger partial charge in [0.15, 0.2) is 10.8 Å². The summed E-state index contributed by atoms with van der Waals surface area (Å²) in [4.78, 5) is 33.8. The minimum Gasteiger partial charge on any atom is -0.368 e. The number of amides is 2. The Labute approximate surface area is 142 Å². The monoisotopic (exact) mass is 346 g/mol. The number of thiazole rings is 1. The van der Waals surface area contributed by atoms with Crippen molar-refractivity contribution >= 4 is 39.1 Å². The molecule has 3 rings (SSSR count). The molecule has 2 amide bonds. The van der Waals surface area contributed by atoms with Crippen LogP contribution in [0.1, 0.15) is 29.8 Å². The van der Waals surface area contributed by atoms with Crippen molar-refractivity contribution in [3.63, 3.8) is 0 Å². The fourth-order valence-corrected chi connectivity index (χ4v) is 3.75. The maximum Gasteiger partial charge on any atom is 0.270 e. The van der Waals surface area contributed by atoms with Gasteiger partial charge in [0.25, 0.3) is 5.91 Å². The zero-order valence-corrected chi connectivity index (χ0v) is 13.8. The second-order valence-electron chi connectivity index (χ2n) is 5.49. The Morgan fingerprint density at radius 2 is 2.12 bits per heavy atom. The zero-order valence-electron chi connectivity index (χ0n) is 12.9. The second kappa shape index (κ2) is 6.83. The molecule has 1 aliphatic heterocycles. The summed E-state index contributed by atoms with van der Waals surface area (Å²) in [6, 6.07) is 4.99. The van der Waals surface area contributed by atoms with Gasteiger partial charge in [-0.3, -0.25) is 9.59 Å². The highest BCUT2D eigenvalue weighted by atomic mass is 32.1. The first-order chi connectivity index (χ1) is 11.6. The first-order valence-corrected chi connectivity index (χ1v) is 8.42. The Hall–Kier alpha value is -2.68. The molecule has 1 aliphatic rings. The molecule has 1 saturated heterocycles. The topological polar surface area (TPSA) is 127 Å². The van der Waals surface area contributed by atoms with E-state index in [9.17, 15) is 9.59 Å². The molecule has 1 fully saturated rings. The SMILES string of the molecule is NC(=O)c1nc(N2CCCC[C@@H]2C(N)=O)sc1Nc1ccccn1. The lowest BCUT2D eigenvalue weighted by Gasteiger charge is -2.33. The summed E-state index contributed by atoms with van der Waals surface area (Å²) in [6.07, 6.45) is 4.21. The maximum atomic E-state index is 11.7. The van der Waals surface area contributed by atoms with Gasteiger partial charge in [-0.25, -0.2) is 9.97 Å². The molecule has 0 saturated carbocycles. The highest BCUT2D eigenvalue weighted by Crippen LogP contribution is 2.35. The van der Waals surface area contributed by atoms with Crippen LogP contribution in [0.5, 0.6) is 0 Å². The number of piperidine rings is 1. The molecule has 0 radical (unpaired) electrons. The summed E-state index contributed by atoms with van der Waals surface area (Å²) in [5.41, 5.74) is 11.1. The molecule has 8 nitrogen and oxygen atoms in total. The molecule has 2 aromatic heterocycles. The number of anilines is 3. The van der Waals surface area contributed by atoms with Gasteiger partial charge in [0, 0.05) is 12.7 Å². The first kappa shape index (κ1) is 16.2. The molecule has 2 aromatic rings. The van der Waals surface area contributed by atoms with Gasteiger partial charge in [-0.15, -0.1) is 0 Å². The summed E-state index contributed by atoms with van der Waals surface area (Å²) < 4.78 is 0. The summed E-state index contributed by atoms with van der Waals surface area (Å²) in [6.45, 7) is 0.669. The summed E-state index contributed by atoms with van der Waals surface area (Å²) >= 11 is 1.27. The average molecular weight is 346 g/mol. The number of hydrogen-bond acceptors (Lipinski definition) is 7. The van der Waals surface area contributed by atoms with Gasteiger partial charge in [0.1, 0.15) is 16.9 Å². The molecule has 0 spiro atoms. The maximum absolute atomic E-state index is 11.7. The van der Waals surface area contributed by atoms with E-state index in [1.165, 1.54) is 11.3 Å². The normalized spacial score (nSPS) is 17.5. The number of carbonyl (C=O) groups excluding carboxylic acids is 2. The number of pyridine rings is 1. The van der Waals surface area contributed by atoms with Crippen LogP contribution in [0.4, 0.5) is 16.0 Å². The molecule has 0 aromatic carbocycles. The number of primary amides is 2. The smallest absolute Gasteiger partial charge is 0.270 e. The van der Waals surface area contributed by atoms with Crippen molar-refractivity contribution in [2.24, 2.45) is 11.5 Å².